The van der Waals surface area contributed by atoms with Gasteiger partial charge >= 0.3 is 5.97 Å². The zero-order valence-electron chi connectivity index (χ0n) is 11.7. The molecule has 0 aromatic carbocycles. The molecule has 1 amide bonds. The number of amides is 1. The molecule has 0 saturated carbocycles. The molecule has 5 heteroatoms. The first-order valence-electron chi connectivity index (χ1n) is 6.19. The van der Waals surface area contributed by atoms with Gasteiger partial charge in [0.1, 0.15) is 5.69 Å². The standard InChI is InChI=1S/C14H20N2O3/c1-9(14(2,3)4)7-12(17)16-10-5-6-11(13(18)19)15-8-10/h5-6,8-9H,7H2,1-4H3,(H,16,17)(H,18,19). The number of carboxylic acid groups (broad SMARTS) is 1. The van der Waals surface area contributed by atoms with E-state index in [-0.39, 0.29) is 22.9 Å². The Morgan fingerprint density at radius 2 is 2.00 bits per heavy atom. The van der Waals surface area contributed by atoms with Crippen LogP contribution in [0.1, 0.15) is 44.6 Å². The Morgan fingerprint density at radius 1 is 1.37 bits per heavy atom. The second-order valence-electron chi connectivity index (χ2n) is 5.76. The number of carboxylic acids is 1. The smallest absolute Gasteiger partial charge is 0.354 e. The fraction of sp³-hybridized carbons (Fsp3) is 0.500. The molecule has 5 nitrogen and oxygen atoms in total. The van der Waals surface area contributed by atoms with Gasteiger partial charge in [-0.2, -0.15) is 0 Å². The summed E-state index contributed by atoms with van der Waals surface area (Å²) in [6.45, 7) is 8.31. The van der Waals surface area contributed by atoms with E-state index in [1.807, 2.05) is 6.92 Å². The molecule has 1 rings (SSSR count). The fourth-order valence-corrected chi connectivity index (χ4v) is 1.39. The van der Waals surface area contributed by atoms with Gasteiger partial charge in [0.15, 0.2) is 0 Å². The molecule has 19 heavy (non-hydrogen) atoms. The van der Waals surface area contributed by atoms with Crippen LogP contribution in [-0.2, 0) is 4.79 Å². The van der Waals surface area contributed by atoms with Crippen molar-refractivity contribution in [2.45, 2.75) is 34.1 Å². The van der Waals surface area contributed by atoms with Crippen molar-refractivity contribution < 1.29 is 14.7 Å². The third kappa shape index (κ3) is 4.69. The van der Waals surface area contributed by atoms with E-state index < -0.39 is 5.97 Å². The van der Waals surface area contributed by atoms with E-state index in [0.29, 0.717) is 12.1 Å². The van der Waals surface area contributed by atoms with Gasteiger partial charge < -0.3 is 10.4 Å². The van der Waals surface area contributed by atoms with E-state index in [4.69, 9.17) is 5.11 Å². The first kappa shape index (κ1) is 15.1. The van der Waals surface area contributed by atoms with Crippen LogP contribution in [0.15, 0.2) is 18.3 Å². The molecule has 0 fully saturated rings. The third-order valence-corrected chi connectivity index (χ3v) is 3.24. The largest absolute Gasteiger partial charge is 0.477 e. The minimum Gasteiger partial charge on any atom is -0.477 e. The number of rotatable bonds is 4. The maximum absolute atomic E-state index is 11.8. The van der Waals surface area contributed by atoms with Gasteiger partial charge in [-0.15, -0.1) is 0 Å². The number of carbonyl (C=O) groups excluding carboxylic acids is 1. The maximum atomic E-state index is 11.8. The molecule has 1 heterocycles. The predicted molar refractivity (Wildman–Crippen MR) is 73.1 cm³/mol. The van der Waals surface area contributed by atoms with E-state index in [9.17, 15) is 9.59 Å². The van der Waals surface area contributed by atoms with Crippen molar-refractivity contribution in [3.63, 3.8) is 0 Å². The number of anilines is 1. The number of nitrogens with zero attached hydrogens (tertiary/aromatic N) is 1. The summed E-state index contributed by atoms with van der Waals surface area (Å²) in [5.74, 6) is -0.926. The van der Waals surface area contributed by atoms with Crippen molar-refractivity contribution in [1.29, 1.82) is 0 Å². The number of carbonyl (C=O) groups is 2. The highest BCUT2D eigenvalue weighted by Crippen LogP contribution is 2.28. The monoisotopic (exact) mass is 264 g/mol. The van der Waals surface area contributed by atoms with Gasteiger partial charge in [0.25, 0.3) is 0 Å². The lowest BCUT2D eigenvalue weighted by Gasteiger charge is -2.26. The van der Waals surface area contributed by atoms with Gasteiger partial charge in [0.05, 0.1) is 11.9 Å². The number of hydrogen-bond donors (Lipinski definition) is 2. The molecule has 1 aromatic heterocycles. The second-order valence-corrected chi connectivity index (χ2v) is 5.76. The van der Waals surface area contributed by atoms with Crippen LogP contribution < -0.4 is 5.32 Å². The molecule has 0 saturated heterocycles. The molecule has 1 unspecified atom stereocenters. The van der Waals surface area contributed by atoms with Crippen LogP contribution in [0.25, 0.3) is 0 Å². The van der Waals surface area contributed by atoms with E-state index in [2.05, 4.69) is 31.1 Å². The van der Waals surface area contributed by atoms with Gasteiger partial charge in [-0.1, -0.05) is 27.7 Å². The van der Waals surface area contributed by atoms with Gasteiger partial charge in [0.2, 0.25) is 5.91 Å². The molecule has 0 aliphatic heterocycles. The Labute approximate surface area is 113 Å². The summed E-state index contributed by atoms with van der Waals surface area (Å²) in [6.07, 6.45) is 1.77. The summed E-state index contributed by atoms with van der Waals surface area (Å²) in [5.41, 5.74) is 0.542. The third-order valence-electron chi connectivity index (χ3n) is 3.24. The van der Waals surface area contributed by atoms with E-state index >= 15 is 0 Å². The number of pyridine rings is 1. The molecule has 0 bridgehead atoms. The highest BCUT2D eigenvalue weighted by molar-refractivity contribution is 5.91. The summed E-state index contributed by atoms with van der Waals surface area (Å²) >= 11 is 0. The topological polar surface area (TPSA) is 79.3 Å². The first-order chi connectivity index (χ1) is 8.70. The van der Waals surface area contributed by atoms with Crippen molar-refractivity contribution in [3.05, 3.63) is 24.0 Å². The number of aromatic carboxylic acids is 1. The minimum absolute atomic E-state index is 0.0407. The van der Waals surface area contributed by atoms with Crippen molar-refractivity contribution >= 4 is 17.6 Å². The molecule has 2 N–H and O–H groups in total. The number of nitrogens with one attached hydrogen (secondary N) is 1. The van der Waals surface area contributed by atoms with Crippen LogP contribution >= 0.6 is 0 Å². The van der Waals surface area contributed by atoms with Gasteiger partial charge in [-0.25, -0.2) is 9.78 Å². The van der Waals surface area contributed by atoms with Crippen LogP contribution in [0.4, 0.5) is 5.69 Å². The van der Waals surface area contributed by atoms with Crippen LogP contribution in [0.2, 0.25) is 0 Å². The average molecular weight is 264 g/mol. The Hall–Kier alpha value is -1.91. The molecular weight excluding hydrogens is 244 g/mol. The van der Waals surface area contributed by atoms with Gasteiger partial charge in [0, 0.05) is 6.42 Å². The lowest BCUT2D eigenvalue weighted by Crippen LogP contribution is -2.24. The molecule has 0 aliphatic carbocycles. The Bertz CT molecular complexity index is 461. The van der Waals surface area contributed by atoms with E-state index in [0.717, 1.165) is 0 Å². The lowest BCUT2D eigenvalue weighted by atomic mass is 9.80. The molecule has 1 aromatic rings. The predicted octanol–water partition coefficient (Wildman–Crippen LogP) is 2.79. The Kier molecular flexibility index (Phi) is 4.64. The first-order valence-corrected chi connectivity index (χ1v) is 6.19. The fourth-order valence-electron chi connectivity index (χ4n) is 1.39. The molecule has 104 valence electrons. The summed E-state index contributed by atoms with van der Waals surface area (Å²) in [7, 11) is 0. The van der Waals surface area contributed by atoms with Crippen LogP contribution in [0, 0.1) is 11.3 Å². The molecule has 0 aliphatic rings. The van der Waals surface area contributed by atoms with E-state index in [1.165, 1.54) is 18.3 Å². The van der Waals surface area contributed by atoms with Crippen molar-refractivity contribution in [2.24, 2.45) is 11.3 Å². The zero-order valence-corrected chi connectivity index (χ0v) is 11.7. The van der Waals surface area contributed by atoms with Gasteiger partial charge in [-0.05, 0) is 23.5 Å². The van der Waals surface area contributed by atoms with Crippen LogP contribution in [0.5, 0.6) is 0 Å². The highest BCUT2D eigenvalue weighted by Gasteiger charge is 2.22. The van der Waals surface area contributed by atoms with Gasteiger partial charge in [-0.3, -0.25) is 4.79 Å². The number of hydrogen-bond acceptors (Lipinski definition) is 3. The zero-order chi connectivity index (χ0) is 14.6. The SMILES string of the molecule is CC(CC(=O)Nc1ccc(C(=O)O)nc1)C(C)(C)C. The Balaban J connectivity index is 2.60. The van der Waals surface area contributed by atoms with E-state index in [1.54, 1.807) is 0 Å². The minimum atomic E-state index is -1.08. The maximum Gasteiger partial charge on any atom is 0.354 e. The Morgan fingerprint density at radius 3 is 2.42 bits per heavy atom. The quantitative estimate of drug-likeness (QED) is 0.876. The summed E-state index contributed by atoms with van der Waals surface area (Å²) in [4.78, 5) is 26.2. The second kappa shape index (κ2) is 5.82. The lowest BCUT2D eigenvalue weighted by molar-refractivity contribution is -0.117. The van der Waals surface area contributed by atoms with Crippen molar-refractivity contribution in [1.82, 2.24) is 4.98 Å². The number of aromatic nitrogens is 1. The summed E-state index contributed by atoms with van der Waals surface area (Å²) in [5, 5.41) is 11.4. The molecular formula is C14H20N2O3. The highest BCUT2D eigenvalue weighted by atomic mass is 16.4. The summed E-state index contributed by atoms with van der Waals surface area (Å²) in [6, 6.07) is 2.90. The molecule has 0 spiro atoms. The average Bonchev–Trinajstić information content (AvgIpc) is 2.28. The molecule has 0 radical (unpaired) electrons. The van der Waals surface area contributed by atoms with Crippen LogP contribution in [0.3, 0.4) is 0 Å². The van der Waals surface area contributed by atoms with Crippen LogP contribution in [-0.4, -0.2) is 22.0 Å². The van der Waals surface area contributed by atoms with Crippen molar-refractivity contribution in [3.8, 4) is 0 Å². The normalized spacial score (nSPS) is 12.8. The molecule has 1 atom stereocenters. The van der Waals surface area contributed by atoms with Crippen molar-refractivity contribution in [2.75, 3.05) is 5.32 Å². The summed E-state index contributed by atoms with van der Waals surface area (Å²) < 4.78 is 0.